The van der Waals surface area contributed by atoms with E-state index in [1.54, 1.807) is 6.07 Å². The smallest absolute Gasteiger partial charge is 0.115 e. The van der Waals surface area contributed by atoms with Crippen molar-refractivity contribution in [2.24, 2.45) is 0 Å². The molecule has 16 heavy (non-hydrogen) atoms. The van der Waals surface area contributed by atoms with E-state index in [1.807, 2.05) is 12.1 Å². The molecule has 1 aliphatic rings. The molecule has 0 amide bonds. The van der Waals surface area contributed by atoms with E-state index in [-0.39, 0.29) is 0 Å². The molecular formula is C13H20N2O. The Labute approximate surface area is 96.9 Å². The highest BCUT2D eigenvalue weighted by Gasteiger charge is 2.15. The van der Waals surface area contributed by atoms with Gasteiger partial charge in [0.2, 0.25) is 0 Å². The van der Waals surface area contributed by atoms with Gasteiger partial charge in [0, 0.05) is 12.1 Å². The Kier molecular flexibility index (Phi) is 3.80. The molecule has 3 N–H and O–H groups in total. The van der Waals surface area contributed by atoms with Crippen molar-refractivity contribution in [3.05, 3.63) is 29.8 Å². The maximum absolute atomic E-state index is 9.43. The minimum absolute atomic E-state index is 0.301. The summed E-state index contributed by atoms with van der Waals surface area (Å²) < 4.78 is 0. The molecule has 1 aromatic rings. The zero-order valence-electron chi connectivity index (χ0n) is 9.74. The van der Waals surface area contributed by atoms with Crippen molar-refractivity contribution in [1.82, 2.24) is 10.6 Å². The minimum Gasteiger partial charge on any atom is -0.508 e. The second-order valence-electron chi connectivity index (χ2n) is 4.51. The molecule has 1 aliphatic heterocycles. The van der Waals surface area contributed by atoms with Gasteiger partial charge in [0.15, 0.2) is 0 Å². The van der Waals surface area contributed by atoms with Crippen LogP contribution in [0.5, 0.6) is 5.75 Å². The number of rotatable bonds is 3. The summed E-state index contributed by atoms with van der Waals surface area (Å²) in [6, 6.07) is 8.39. The van der Waals surface area contributed by atoms with Gasteiger partial charge in [0.1, 0.15) is 5.75 Å². The van der Waals surface area contributed by atoms with Crippen LogP contribution in [0.4, 0.5) is 0 Å². The first-order valence-electron chi connectivity index (χ1n) is 6.01. The first kappa shape index (κ1) is 11.4. The van der Waals surface area contributed by atoms with E-state index in [9.17, 15) is 5.11 Å². The van der Waals surface area contributed by atoms with Crippen molar-refractivity contribution in [3.63, 3.8) is 0 Å². The van der Waals surface area contributed by atoms with Gasteiger partial charge in [-0.2, -0.15) is 0 Å². The zero-order chi connectivity index (χ0) is 11.4. The highest BCUT2D eigenvalue weighted by atomic mass is 16.3. The molecule has 88 valence electrons. The molecular weight excluding hydrogens is 200 g/mol. The molecule has 3 heteroatoms. The van der Waals surface area contributed by atoms with E-state index in [4.69, 9.17) is 0 Å². The van der Waals surface area contributed by atoms with Crippen LogP contribution in [0.1, 0.15) is 31.4 Å². The first-order chi connectivity index (χ1) is 7.75. The number of benzene rings is 1. The van der Waals surface area contributed by atoms with Crippen molar-refractivity contribution in [1.29, 1.82) is 0 Å². The third kappa shape index (κ3) is 2.97. The van der Waals surface area contributed by atoms with Gasteiger partial charge in [0.25, 0.3) is 0 Å². The molecule has 2 rings (SSSR count). The summed E-state index contributed by atoms with van der Waals surface area (Å²) in [5.41, 5.74) is 1.15. The van der Waals surface area contributed by atoms with Crippen LogP contribution in [0.15, 0.2) is 24.3 Å². The van der Waals surface area contributed by atoms with Gasteiger partial charge in [-0.3, -0.25) is 0 Å². The van der Waals surface area contributed by atoms with Crippen LogP contribution in [0, 0.1) is 0 Å². The fraction of sp³-hybridized carbons (Fsp3) is 0.538. The third-order valence-electron chi connectivity index (χ3n) is 3.20. The number of hydrogen-bond acceptors (Lipinski definition) is 3. The van der Waals surface area contributed by atoms with Crippen molar-refractivity contribution < 1.29 is 5.11 Å². The lowest BCUT2D eigenvalue weighted by Crippen LogP contribution is -2.40. The van der Waals surface area contributed by atoms with Crippen LogP contribution in [0.3, 0.4) is 0 Å². The van der Waals surface area contributed by atoms with Gasteiger partial charge >= 0.3 is 0 Å². The first-order valence-corrected chi connectivity index (χ1v) is 6.01. The van der Waals surface area contributed by atoms with E-state index >= 15 is 0 Å². The highest BCUT2D eigenvalue weighted by Crippen LogP contribution is 2.19. The maximum Gasteiger partial charge on any atom is 0.115 e. The number of nitrogens with one attached hydrogen (secondary N) is 2. The Morgan fingerprint density at radius 1 is 1.38 bits per heavy atom. The number of hydrogen-bond donors (Lipinski definition) is 3. The zero-order valence-corrected chi connectivity index (χ0v) is 9.74. The van der Waals surface area contributed by atoms with Crippen LogP contribution in [0.2, 0.25) is 0 Å². The number of phenols is 1. The number of piperidine rings is 1. The lowest BCUT2D eigenvalue weighted by atomic mass is 10.0. The Morgan fingerprint density at radius 2 is 2.12 bits per heavy atom. The SMILES string of the molecule is CC(NC1CCNCC1)c1cccc(O)c1. The second kappa shape index (κ2) is 5.32. The van der Waals surface area contributed by atoms with Crippen molar-refractivity contribution in [2.45, 2.75) is 31.8 Å². The topological polar surface area (TPSA) is 44.3 Å². The molecule has 0 bridgehead atoms. The lowest BCUT2D eigenvalue weighted by Gasteiger charge is -2.27. The molecule has 0 radical (unpaired) electrons. The maximum atomic E-state index is 9.43. The van der Waals surface area contributed by atoms with E-state index < -0.39 is 0 Å². The van der Waals surface area contributed by atoms with Gasteiger partial charge in [-0.1, -0.05) is 12.1 Å². The average Bonchev–Trinajstić information content (AvgIpc) is 2.30. The van der Waals surface area contributed by atoms with Crippen LogP contribution < -0.4 is 10.6 Å². The van der Waals surface area contributed by atoms with E-state index in [0.717, 1.165) is 18.7 Å². The molecule has 0 aromatic heterocycles. The molecule has 0 spiro atoms. The van der Waals surface area contributed by atoms with Gasteiger partial charge in [-0.15, -0.1) is 0 Å². The van der Waals surface area contributed by atoms with E-state index in [0.29, 0.717) is 17.8 Å². The Bertz CT molecular complexity index is 334. The Balaban J connectivity index is 1.94. The highest BCUT2D eigenvalue weighted by molar-refractivity contribution is 5.29. The van der Waals surface area contributed by atoms with Crippen molar-refractivity contribution >= 4 is 0 Å². The summed E-state index contributed by atoms with van der Waals surface area (Å²) in [5.74, 6) is 0.344. The molecule has 0 saturated carbocycles. The average molecular weight is 220 g/mol. The summed E-state index contributed by atoms with van der Waals surface area (Å²) in [7, 11) is 0. The molecule has 3 nitrogen and oxygen atoms in total. The Hall–Kier alpha value is -1.06. The molecule has 1 saturated heterocycles. The van der Waals surface area contributed by atoms with Gasteiger partial charge in [0.05, 0.1) is 0 Å². The summed E-state index contributed by atoms with van der Waals surface area (Å²) in [4.78, 5) is 0. The Morgan fingerprint density at radius 3 is 2.81 bits per heavy atom. The predicted molar refractivity (Wildman–Crippen MR) is 65.5 cm³/mol. The molecule has 1 unspecified atom stereocenters. The molecule has 1 heterocycles. The van der Waals surface area contributed by atoms with Crippen LogP contribution in [-0.4, -0.2) is 24.2 Å². The minimum atomic E-state index is 0.301. The quantitative estimate of drug-likeness (QED) is 0.727. The van der Waals surface area contributed by atoms with E-state index in [2.05, 4.69) is 23.6 Å². The molecule has 0 aliphatic carbocycles. The summed E-state index contributed by atoms with van der Waals surface area (Å²) in [6.45, 7) is 4.35. The fourth-order valence-corrected chi connectivity index (χ4v) is 2.23. The van der Waals surface area contributed by atoms with Gasteiger partial charge in [-0.05, 0) is 50.6 Å². The summed E-state index contributed by atoms with van der Waals surface area (Å²) in [6.07, 6.45) is 2.37. The van der Waals surface area contributed by atoms with Crippen LogP contribution in [-0.2, 0) is 0 Å². The van der Waals surface area contributed by atoms with Gasteiger partial charge in [-0.25, -0.2) is 0 Å². The summed E-state index contributed by atoms with van der Waals surface area (Å²) in [5, 5.41) is 16.4. The standard InChI is InChI=1S/C13H20N2O/c1-10(11-3-2-4-13(16)9-11)15-12-5-7-14-8-6-12/h2-4,9-10,12,14-16H,5-8H2,1H3. The third-order valence-corrected chi connectivity index (χ3v) is 3.20. The van der Waals surface area contributed by atoms with Crippen molar-refractivity contribution in [3.8, 4) is 5.75 Å². The summed E-state index contributed by atoms with van der Waals surface area (Å²) >= 11 is 0. The monoisotopic (exact) mass is 220 g/mol. The number of aromatic hydroxyl groups is 1. The normalized spacial score (nSPS) is 19.6. The molecule has 1 fully saturated rings. The largest absolute Gasteiger partial charge is 0.508 e. The van der Waals surface area contributed by atoms with Crippen LogP contribution >= 0.6 is 0 Å². The van der Waals surface area contributed by atoms with E-state index in [1.165, 1.54) is 12.8 Å². The van der Waals surface area contributed by atoms with Crippen LogP contribution in [0.25, 0.3) is 0 Å². The molecule has 1 atom stereocenters. The fourth-order valence-electron chi connectivity index (χ4n) is 2.23. The van der Waals surface area contributed by atoms with Crippen molar-refractivity contribution in [2.75, 3.05) is 13.1 Å². The second-order valence-corrected chi connectivity index (χ2v) is 4.51. The van der Waals surface area contributed by atoms with Gasteiger partial charge < -0.3 is 15.7 Å². The number of phenolic OH excluding ortho intramolecular Hbond substituents is 1. The predicted octanol–water partition coefficient (Wildman–Crippen LogP) is 1.79. The molecule has 1 aromatic carbocycles. The lowest BCUT2D eigenvalue weighted by molar-refractivity contribution is 0.358.